The third kappa shape index (κ3) is 6.93. The van der Waals surface area contributed by atoms with Gasteiger partial charge in [-0.05, 0) is 53.1 Å². The second-order valence-corrected chi connectivity index (χ2v) is 12.3. The summed E-state index contributed by atoms with van der Waals surface area (Å²) in [5.41, 5.74) is -0.886. The molecule has 1 saturated carbocycles. The van der Waals surface area contributed by atoms with Gasteiger partial charge in [0.25, 0.3) is 0 Å². The monoisotopic (exact) mass is 703 g/mol. The summed E-state index contributed by atoms with van der Waals surface area (Å²) in [6.45, 7) is 0. The van der Waals surface area contributed by atoms with Crippen molar-refractivity contribution in [3.8, 4) is 0 Å². The standard InChI is InChI=1S/C28H16Cl5F6NO3/c29-16-4-2-14(40-25(43)24-23(27(24,32)33)11-1-3-17(30)18(31)6-11)9-15(16)21(41)7-12-5-13(20(35)10-19(12)34)8-22(42)28(38,39)26(36)37/h1-6,9-10,23-24,26H,7-8H2,(H,40,43)/t23-,24+/m0/s1. The smallest absolute Gasteiger partial charge is 0.326 e. The summed E-state index contributed by atoms with van der Waals surface area (Å²) in [7, 11) is 0. The van der Waals surface area contributed by atoms with Gasteiger partial charge in [0.2, 0.25) is 11.7 Å². The number of halogens is 11. The number of alkyl halides is 6. The lowest BCUT2D eigenvalue weighted by Crippen LogP contribution is -2.37. The van der Waals surface area contributed by atoms with Crippen molar-refractivity contribution in [2.24, 2.45) is 5.92 Å². The second kappa shape index (κ2) is 12.5. The van der Waals surface area contributed by atoms with Crippen molar-refractivity contribution >= 4 is 81.2 Å². The molecule has 2 atom stereocenters. The maximum Gasteiger partial charge on any atom is 0.364 e. The SMILES string of the molecule is O=C(Cc1cc(CC(=O)C(F)(F)C(F)F)c(F)cc1F)c1cc(NC(=O)[C@H]2[C@H](c3ccc(Cl)c(Cl)c3)C2(Cl)Cl)ccc1Cl. The summed E-state index contributed by atoms with van der Waals surface area (Å²) >= 11 is 30.9. The maximum atomic E-state index is 14.5. The molecular formula is C28H16Cl5F6NO3. The Morgan fingerprint density at radius 2 is 1.44 bits per heavy atom. The maximum absolute atomic E-state index is 14.5. The fourth-order valence-electron chi connectivity index (χ4n) is 4.41. The van der Waals surface area contributed by atoms with Gasteiger partial charge in [-0.1, -0.05) is 40.9 Å². The summed E-state index contributed by atoms with van der Waals surface area (Å²) in [5.74, 6) is -13.0. The fraction of sp³-hybridized carbons (Fsp3) is 0.250. The van der Waals surface area contributed by atoms with Crippen LogP contribution in [0.4, 0.5) is 32.0 Å². The summed E-state index contributed by atoms with van der Waals surface area (Å²) < 4.78 is 78.9. The third-order valence-corrected chi connectivity index (χ3v) is 8.75. The van der Waals surface area contributed by atoms with Gasteiger partial charge in [-0.15, -0.1) is 23.2 Å². The molecule has 1 aliphatic carbocycles. The van der Waals surface area contributed by atoms with Crippen LogP contribution in [-0.4, -0.2) is 34.2 Å². The van der Waals surface area contributed by atoms with E-state index in [0.29, 0.717) is 16.7 Å². The first-order chi connectivity index (χ1) is 19.9. The van der Waals surface area contributed by atoms with Crippen molar-refractivity contribution in [1.82, 2.24) is 0 Å². The number of benzene rings is 3. The number of carbonyl (C=O) groups is 3. The number of rotatable bonds is 10. The number of Topliss-reactive ketones (excluding diaryl/α,β-unsaturated/α-hetero) is 2. The second-order valence-electron chi connectivity index (χ2n) is 9.65. The van der Waals surface area contributed by atoms with E-state index in [4.69, 9.17) is 58.0 Å². The highest BCUT2D eigenvalue weighted by molar-refractivity contribution is 6.53. The molecule has 0 radical (unpaired) electrons. The number of carbonyl (C=O) groups excluding carboxylic acids is 3. The van der Waals surface area contributed by atoms with Gasteiger partial charge >= 0.3 is 12.3 Å². The van der Waals surface area contributed by atoms with Crippen molar-refractivity contribution in [2.75, 3.05) is 5.32 Å². The van der Waals surface area contributed by atoms with E-state index in [-0.39, 0.29) is 27.4 Å². The van der Waals surface area contributed by atoms with Gasteiger partial charge in [0.15, 0.2) is 5.78 Å². The highest BCUT2D eigenvalue weighted by Crippen LogP contribution is 2.65. The predicted molar refractivity (Wildman–Crippen MR) is 151 cm³/mol. The lowest BCUT2D eigenvalue weighted by molar-refractivity contribution is -0.166. The summed E-state index contributed by atoms with van der Waals surface area (Å²) in [6.07, 6.45) is -6.59. The van der Waals surface area contributed by atoms with Gasteiger partial charge in [-0.25, -0.2) is 17.6 Å². The fourth-order valence-corrected chi connectivity index (χ4v) is 5.76. The van der Waals surface area contributed by atoms with Gasteiger partial charge in [0.05, 0.1) is 21.0 Å². The van der Waals surface area contributed by atoms with E-state index in [2.05, 4.69) is 5.32 Å². The molecule has 0 heterocycles. The number of amides is 1. The predicted octanol–water partition coefficient (Wildman–Crippen LogP) is 8.89. The quantitative estimate of drug-likeness (QED) is 0.130. The van der Waals surface area contributed by atoms with Crippen LogP contribution in [0.25, 0.3) is 0 Å². The molecule has 0 aromatic heterocycles. The van der Waals surface area contributed by atoms with Crippen LogP contribution in [0, 0.1) is 17.6 Å². The molecule has 3 aromatic rings. The Labute approximate surface area is 265 Å². The topological polar surface area (TPSA) is 63.2 Å². The average molecular weight is 706 g/mol. The van der Waals surface area contributed by atoms with Crippen LogP contribution in [0.2, 0.25) is 15.1 Å². The molecule has 4 nitrogen and oxygen atoms in total. The van der Waals surface area contributed by atoms with Gasteiger partial charge in [-0.2, -0.15) is 8.78 Å². The molecule has 43 heavy (non-hydrogen) atoms. The number of nitrogens with one attached hydrogen (secondary N) is 1. The zero-order chi connectivity index (χ0) is 32.0. The molecule has 15 heteroatoms. The third-order valence-electron chi connectivity index (χ3n) is 6.74. The van der Waals surface area contributed by atoms with E-state index >= 15 is 0 Å². The van der Waals surface area contributed by atoms with E-state index in [9.17, 15) is 40.7 Å². The molecule has 0 bridgehead atoms. The Kier molecular flexibility index (Phi) is 9.69. The molecule has 0 unspecified atom stereocenters. The Morgan fingerprint density at radius 1 is 0.837 bits per heavy atom. The minimum absolute atomic E-state index is 0.0850. The Morgan fingerprint density at radius 3 is 2.05 bits per heavy atom. The molecular weight excluding hydrogens is 690 g/mol. The van der Waals surface area contributed by atoms with E-state index in [1.807, 2.05) is 0 Å². The van der Waals surface area contributed by atoms with Crippen LogP contribution in [0.5, 0.6) is 0 Å². The minimum atomic E-state index is -5.05. The van der Waals surface area contributed by atoms with Crippen molar-refractivity contribution in [2.45, 2.75) is 35.4 Å². The molecule has 0 aliphatic heterocycles. The first kappa shape index (κ1) is 33.4. The van der Waals surface area contributed by atoms with Gasteiger partial charge in [0, 0.05) is 36.1 Å². The minimum Gasteiger partial charge on any atom is -0.326 e. The number of hydrogen-bond acceptors (Lipinski definition) is 3. The summed E-state index contributed by atoms with van der Waals surface area (Å²) in [4.78, 5) is 37.7. The van der Waals surface area contributed by atoms with E-state index in [1.165, 1.54) is 30.3 Å². The molecule has 0 spiro atoms. The number of hydrogen-bond donors (Lipinski definition) is 1. The van der Waals surface area contributed by atoms with Crippen LogP contribution < -0.4 is 5.32 Å². The molecule has 1 amide bonds. The molecule has 3 aromatic carbocycles. The summed E-state index contributed by atoms with van der Waals surface area (Å²) in [6, 6.07) is 9.34. The highest BCUT2D eigenvalue weighted by atomic mass is 35.5. The Hall–Kier alpha value is -2.50. The molecule has 228 valence electrons. The van der Waals surface area contributed by atoms with Crippen LogP contribution in [0.3, 0.4) is 0 Å². The lowest BCUT2D eigenvalue weighted by atomic mass is 9.97. The van der Waals surface area contributed by atoms with Crippen molar-refractivity contribution in [3.63, 3.8) is 0 Å². The number of anilines is 1. The molecule has 0 saturated heterocycles. The highest BCUT2D eigenvalue weighted by Gasteiger charge is 2.67. The lowest BCUT2D eigenvalue weighted by Gasteiger charge is -2.15. The van der Waals surface area contributed by atoms with Gasteiger partial charge < -0.3 is 5.32 Å². The van der Waals surface area contributed by atoms with Crippen molar-refractivity contribution in [3.05, 3.63) is 97.5 Å². The molecule has 1 aliphatic rings. The Balaban J connectivity index is 1.51. The normalized spacial score (nSPS) is 17.6. The summed E-state index contributed by atoms with van der Waals surface area (Å²) in [5, 5.41) is 2.99. The van der Waals surface area contributed by atoms with Gasteiger partial charge in [-0.3, -0.25) is 14.4 Å². The van der Waals surface area contributed by atoms with E-state index in [1.54, 1.807) is 6.07 Å². The molecule has 4 rings (SSSR count). The Bertz CT molecular complexity index is 1630. The van der Waals surface area contributed by atoms with Crippen LogP contribution in [-0.2, 0) is 22.4 Å². The van der Waals surface area contributed by atoms with Crippen LogP contribution in [0.1, 0.15) is 33.0 Å². The zero-order valence-electron chi connectivity index (χ0n) is 21.1. The van der Waals surface area contributed by atoms with E-state index < -0.39 is 81.6 Å². The van der Waals surface area contributed by atoms with Crippen molar-refractivity contribution in [1.29, 1.82) is 0 Å². The van der Waals surface area contributed by atoms with Gasteiger partial charge in [0.1, 0.15) is 16.0 Å². The zero-order valence-corrected chi connectivity index (χ0v) is 24.9. The van der Waals surface area contributed by atoms with Crippen molar-refractivity contribution < 1.29 is 40.7 Å². The van der Waals surface area contributed by atoms with Crippen LogP contribution in [0.15, 0.2) is 48.5 Å². The largest absolute Gasteiger partial charge is 0.364 e. The average Bonchev–Trinajstić information content (AvgIpc) is 3.50. The first-order valence-electron chi connectivity index (χ1n) is 12.1. The molecule has 1 N–H and O–H groups in total. The molecule has 1 fully saturated rings. The van der Waals surface area contributed by atoms with Crippen LogP contribution >= 0.6 is 58.0 Å². The van der Waals surface area contributed by atoms with E-state index in [0.717, 1.165) is 0 Å². The first-order valence-corrected chi connectivity index (χ1v) is 14.0. The number of ketones is 2.